The van der Waals surface area contributed by atoms with Gasteiger partial charge in [0.25, 0.3) is 16.0 Å². The summed E-state index contributed by atoms with van der Waals surface area (Å²) in [7, 11) is -8.28. The lowest BCUT2D eigenvalue weighted by Gasteiger charge is -2.36. The van der Waals surface area contributed by atoms with Crippen LogP contribution in [0.2, 0.25) is 0 Å². The van der Waals surface area contributed by atoms with Crippen molar-refractivity contribution in [1.82, 2.24) is 0 Å². The monoisotopic (exact) mass is 336 g/mol. The van der Waals surface area contributed by atoms with Gasteiger partial charge in [-0.05, 0) is 13.8 Å². The summed E-state index contributed by atoms with van der Waals surface area (Å²) in [5.74, 6) is -6.65. The summed E-state index contributed by atoms with van der Waals surface area (Å²) in [4.78, 5) is 0. The van der Waals surface area contributed by atoms with E-state index in [1.165, 1.54) is 6.92 Å². The van der Waals surface area contributed by atoms with Gasteiger partial charge in [0.2, 0.25) is 0 Å². The van der Waals surface area contributed by atoms with Gasteiger partial charge in [0, 0.05) is 0 Å². The molecule has 2 heterocycles. The average molecular weight is 336 g/mol. The van der Waals surface area contributed by atoms with E-state index in [0.29, 0.717) is 0 Å². The van der Waals surface area contributed by atoms with Crippen LogP contribution >= 0.6 is 0 Å². The van der Waals surface area contributed by atoms with Crippen LogP contribution in [-0.4, -0.2) is 47.3 Å². The first kappa shape index (κ1) is 16.0. The van der Waals surface area contributed by atoms with Gasteiger partial charge in [-0.1, -0.05) is 0 Å². The molecular formula is C9H14F2O7S2. The highest BCUT2D eigenvalue weighted by Crippen LogP contribution is 2.44. The summed E-state index contributed by atoms with van der Waals surface area (Å²) in [5.41, 5.74) is 0. The molecule has 7 nitrogen and oxygen atoms in total. The average Bonchev–Trinajstić information content (AvgIpc) is 2.52. The third kappa shape index (κ3) is 2.69. The predicted octanol–water partition coefficient (Wildman–Crippen LogP) is 0.283. The molecule has 0 N–H and O–H groups in total. The Labute approximate surface area is 115 Å². The number of halogens is 2. The highest BCUT2D eigenvalue weighted by Gasteiger charge is 2.59. The molecule has 20 heavy (non-hydrogen) atoms. The lowest BCUT2D eigenvalue weighted by Crippen LogP contribution is -2.51. The molecular weight excluding hydrogens is 322 g/mol. The van der Waals surface area contributed by atoms with Gasteiger partial charge in [0.15, 0.2) is 0 Å². The van der Waals surface area contributed by atoms with Crippen molar-refractivity contribution in [3.63, 3.8) is 0 Å². The van der Waals surface area contributed by atoms with Crippen molar-refractivity contribution in [1.29, 1.82) is 0 Å². The number of alkyl halides is 2. The van der Waals surface area contributed by atoms with Gasteiger partial charge in [0.05, 0.1) is 36.4 Å². The van der Waals surface area contributed by atoms with Crippen molar-refractivity contribution in [2.24, 2.45) is 11.8 Å². The second kappa shape index (κ2) is 4.83. The maximum atomic E-state index is 14.4. The number of hydrogen-bond donors (Lipinski definition) is 0. The molecule has 2 rings (SSSR count). The van der Waals surface area contributed by atoms with Crippen LogP contribution in [0.3, 0.4) is 0 Å². The van der Waals surface area contributed by atoms with Crippen molar-refractivity contribution >= 4 is 20.5 Å². The summed E-state index contributed by atoms with van der Waals surface area (Å²) in [6.07, 6.45) is -1.32. The van der Waals surface area contributed by atoms with E-state index in [-0.39, 0.29) is 0 Å². The van der Waals surface area contributed by atoms with Crippen LogP contribution in [0.15, 0.2) is 0 Å². The minimum absolute atomic E-state index is 0.646. The maximum absolute atomic E-state index is 14.4. The first-order valence-electron chi connectivity index (χ1n) is 5.81. The second-order valence-corrected chi connectivity index (χ2v) is 8.07. The third-order valence-corrected chi connectivity index (χ3v) is 6.32. The Balaban J connectivity index is 2.23. The smallest absolute Gasteiger partial charge is 0.269 e. The van der Waals surface area contributed by atoms with Crippen LogP contribution in [0.1, 0.15) is 13.8 Å². The Bertz CT molecular complexity index is 585. The van der Waals surface area contributed by atoms with Gasteiger partial charge >= 0.3 is 10.4 Å². The SMILES string of the molecule is CC1OS(=O)(=O)OCC1C(F)(F)C1COS(=O)(=O)C1C. The van der Waals surface area contributed by atoms with E-state index in [1.807, 2.05) is 0 Å². The standard InChI is InChI=1S/C9H14F2O7S2/c1-5-7(3-17-20(14,15)18-5)9(10,11)8-4-16-19(12,13)6(8)2/h5-8H,3-4H2,1-2H3. The zero-order valence-corrected chi connectivity index (χ0v) is 12.3. The van der Waals surface area contributed by atoms with E-state index in [1.54, 1.807) is 0 Å². The van der Waals surface area contributed by atoms with Crippen LogP contribution in [0.25, 0.3) is 0 Å². The molecule has 0 aromatic heterocycles. The third-order valence-electron chi connectivity index (χ3n) is 3.65. The van der Waals surface area contributed by atoms with Crippen molar-refractivity contribution in [3.05, 3.63) is 0 Å². The highest BCUT2D eigenvalue weighted by molar-refractivity contribution is 7.87. The molecule has 0 spiro atoms. The van der Waals surface area contributed by atoms with Crippen molar-refractivity contribution in [3.8, 4) is 0 Å². The minimum atomic E-state index is -4.27. The quantitative estimate of drug-likeness (QED) is 0.668. The summed E-state index contributed by atoms with van der Waals surface area (Å²) >= 11 is 0. The maximum Gasteiger partial charge on any atom is 0.400 e. The Morgan fingerprint density at radius 3 is 2.00 bits per heavy atom. The summed E-state index contributed by atoms with van der Waals surface area (Å²) < 4.78 is 86.7. The normalized spacial score (nSPS) is 40.6. The number of hydrogen-bond acceptors (Lipinski definition) is 7. The molecule has 11 heteroatoms. The van der Waals surface area contributed by atoms with Gasteiger partial charge in [-0.3, -0.25) is 4.18 Å². The fourth-order valence-electron chi connectivity index (χ4n) is 2.31. The van der Waals surface area contributed by atoms with Crippen LogP contribution in [0.4, 0.5) is 8.78 Å². The van der Waals surface area contributed by atoms with Gasteiger partial charge in [-0.25, -0.2) is 17.1 Å². The lowest BCUT2D eigenvalue weighted by molar-refractivity contribution is -0.158. The fraction of sp³-hybridized carbons (Fsp3) is 1.00. The number of rotatable bonds is 2. The van der Waals surface area contributed by atoms with E-state index in [9.17, 15) is 25.6 Å². The van der Waals surface area contributed by atoms with Gasteiger partial charge in [-0.2, -0.15) is 16.8 Å². The highest BCUT2D eigenvalue weighted by atomic mass is 32.3. The Morgan fingerprint density at radius 1 is 1.00 bits per heavy atom. The van der Waals surface area contributed by atoms with Gasteiger partial charge in [-0.15, -0.1) is 0 Å². The van der Waals surface area contributed by atoms with Crippen LogP contribution in [0.5, 0.6) is 0 Å². The van der Waals surface area contributed by atoms with Crippen molar-refractivity contribution in [2.45, 2.75) is 31.1 Å². The van der Waals surface area contributed by atoms with Crippen molar-refractivity contribution in [2.75, 3.05) is 13.2 Å². The summed E-state index contributed by atoms with van der Waals surface area (Å²) in [6.45, 7) is 0.896. The van der Waals surface area contributed by atoms with Gasteiger partial charge in [0.1, 0.15) is 0 Å². The van der Waals surface area contributed by atoms with E-state index in [2.05, 4.69) is 12.5 Å². The molecule has 118 valence electrons. The first-order valence-corrected chi connectivity index (χ1v) is 8.61. The molecule has 4 unspecified atom stereocenters. The zero-order valence-electron chi connectivity index (χ0n) is 10.7. The first-order chi connectivity index (χ1) is 8.97. The van der Waals surface area contributed by atoms with E-state index in [4.69, 9.17) is 0 Å². The molecule has 4 atom stereocenters. The Kier molecular flexibility index (Phi) is 3.87. The fourth-order valence-corrected chi connectivity index (χ4v) is 4.40. The van der Waals surface area contributed by atoms with E-state index >= 15 is 0 Å². The molecule has 0 bridgehead atoms. The summed E-state index contributed by atoms with van der Waals surface area (Å²) in [6, 6.07) is 0. The largest absolute Gasteiger partial charge is 0.400 e. The zero-order chi connectivity index (χ0) is 15.3. The second-order valence-electron chi connectivity index (χ2n) is 4.86. The van der Waals surface area contributed by atoms with Crippen LogP contribution in [0, 0.1) is 11.8 Å². The van der Waals surface area contributed by atoms with Crippen LogP contribution < -0.4 is 0 Å². The Hall–Kier alpha value is -0.360. The topological polar surface area (TPSA) is 96.0 Å². The molecule has 2 aliphatic heterocycles. The Morgan fingerprint density at radius 2 is 1.55 bits per heavy atom. The molecule has 0 aromatic rings. The molecule has 0 aromatic carbocycles. The summed E-state index contributed by atoms with van der Waals surface area (Å²) in [5, 5.41) is -1.39. The molecule has 0 saturated carbocycles. The van der Waals surface area contributed by atoms with E-state index in [0.717, 1.165) is 6.92 Å². The lowest BCUT2D eigenvalue weighted by atomic mass is 9.85. The minimum Gasteiger partial charge on any atom is -0.269 e. The van der Waals surface area contributed by atoms with Crippen molar-refractivity contribution < 1.29 is 38.2 Å². The molecule has 2 saturated heterocycles. The molecule has 0 radical (unpaired) electrons. The molecule has 2 aliphatic rings. The molecule has 2 fully saturated rings. The molecule has 0 amide bonds. The molecule has 0 aliphatic carbocycles. The van der Waals surface area contributed by atoms with Crippen LogP contribution in [-0.2, 0) is 33.1 Å². The predicted molar refractivity (Wildman–Crippen MR) is 61.7 cm³/mol. The van der Waals surface area contributed by atoms with Gasteiger partial charge < -0.3 is 0 Å². The van der Waals surface area contributed by atoms with E-state index < -0.39 is 62.8 Å².